The third kappa shape index (κ3) is 3.89. The zero-order valence-electron chi connectivity index (χ0n) is 8.90. The minimum atomic E-state index is -4.29. The van der Waals surface area contributed by atoms with E-state index in [0.29, 0.717) is 0 Å². The Balaban J connectivity index is 2.82. The van der Waals surface area contributed by atoms with Crippen LogP contribution in [-0.4, -0.2) is 41.0 Å². The van der Waals surface area contributed by atoms with Gasteiger partial charge >= 0.3 is 12.1 Å². The van der Waals surface area contributed by atoms with E-state index in [9.17, 15) is 18.0 Å². The van der Waals surface area contributed by atoms with E-state index in [-0.39, 0.29) is 17.9 Å². The lowest BCUT2D eigenvalue weighted by Crippen LogP contribution is -2.26. The van der Waals surface area contributed by atoms with Crippen LogP contribution in [0.4, 0.5) is 19.0 Å². The summed E-state index contributed by atoms with van der Waals surface area (Å²) >= 11 is 0. The Bertz CT molecular complexity index is 409. The minimum Gasteiger partial charge on any atom is -0.478 e. The lowest BCUT2D eigenvalue weighted by atomic mass is 10.2. The van der Waals surface area contributed by atoms with Crippen molar-refractivity contribution in [3.05, 3.63) is 17.8 Å². The molecule has 1 aromatic heterocycles. The molecule has 0 aliphatic heterocycles. The van der Waals surface area contributed by atoms with Crippen molar-refractivity contribution in [2.45, 2.75) is 12.6 Å². The molecule has 0 radical (unpaired) electrons. The first kappa shape index (κ1) is 13.2. The maximum absolute atomic E-state index is 12.0. The summed E-state index contributed by atoms with van der Waals surface area (Å²) in [5.41, 5.74) is -0.176. The van der Waals surface area contributed by atoms with Crippen LogP contribution in [0.3, 0.4) is 0 Å². The molecule has 0 aliphatic rings. The van der Waals surface area contributed by atoms with Gasteiger partial charge in [-0.3, -0.25) is 0 Å². The molecule has 1 heterocycles. The molecule has 1 rings (SSSR count). The lowest BCUT2D eigenvalue weighted by Gasteiger charge is -2.19. The predicted octanol–water partition coefficient (Wildman–Crippen LogP) is 1.56. The van der Waals surface area contributed by atoms with Gasteiger partial charge in [0.2, 0.25) is 0 Å². The first-order valence-corrected chi connectivity index (χ1v) is 4.64. The number of hydrogen-bond donors (Lipinski definition) is 1. The molecule has 0 aromatic carbocycles. The second-order valence-electron chi connectivity index (χ2n) is 3.36. The first-order chi connectivity index (χ1) is 7.81. The quantitative estimate of drug-likeness (QED) is 0.877. The summed E-state index contributed by atoms with van der Waals surface area (Å²) in [6.45, 7) is -0.373. The number of rotatable bonds is 4. The van der Waals surface area contributed by atoms with Gasteiger partial charge in [-0.1, -0.05) is 0 Å². The van der Waals surface area contributed by atoms with Gasteiger partial charge in [0.1, 0.15) is 5.56 Å². The zero-order valence-corrected chi connectivity index (χ0v) is 8.90. The molecular weight excluding hydrogens is 239 g/mol. The molecular formula is C9H10F3N3O2. The maximum Gasteiger partial charge on any atom is 0.390 e. The predicted molar refractivity (Wildman–Crippen MR) is 52.9 cm³/mol. The smallest absolute Gasteiger partial charge is 0.390 e. The van der Waals surface area contributed by atoms with Crippen molar-refractivity contribution in [1.29, 1.82) is 0 Å². The number of carboxylic acid groups (broad SMARTS) is 1. The third-order valence-electron chi connectivity index (χ3n) is 2.02. The number of anilines is 1. The van der Waals surface area contributed by atoms with E-state index in [1.165, 1.54) is 19.3 Å². The Labute approximate surface area is 94.9 Å². The van der Waals surface area contributed by atoms with E-state index in [2.05, 4.69) is 10.2 Å². The summed E-state index contributed by atoms with van der Waals surface area (Å²) in [7, 11) is 1.34. The summed E-state index contributed by atoms with van der Waals surface area (Å²) in [6, 6.07) is 1.19. The monoisotopic (exact) mass is 249 g/mol. The van der Waals surface area contributed by atoms with Crippen LogP contribution in [0.15, 0.2) is 12.3 Å². The lowest BCUT2D eigenvalue weighted by molar-refractivity contribution is -0.132. The van der Waals surface area contributed by atoms with Crippen molar-refractivity contribution in [3.63, 3.8) is 0 Å². The fraction of sp³-hybridized carbons (Fsp3) is 0.444. The first-order valence-electron chi connectivity index (χ1n) is 4.64. The van der Waals surface area contributed by atoms with E-state index in [1.54, 1.807) is 0 Å². The Morgan fingerprint density at radius 3 is 2.71 bits per heavy atom. The highest BCUT2D eigenvalue weighted by Crippen LogP contribution is 2.22. The number of halogens is 3. The third-order valence-corrected chi connectivity index (χ3v) is 2.02. The molecule has 94 valence electrons. The van der Waals surface area contributed by atoms with Crippen LogP contribution in [0.25, 0.3) is 0 Å². The molecule has 0 saturated carbocycles. The SMILES string of the molecule is CN(CCC(F)(F)F)c1nnccc1C(=O)O. The highest BCUT2D eigenvalue weighted by Gasteiger charge is 2.28. The van der Waals surface area contributed by atoms with Gasteiger partial charge in [0.05, 0.1) is 12.6 Å². The van der Waals surface area contributed by atoms with Crippen molar-refractivity contribution < 1.29 is 23.1 Å². The summed E-state index contributed by atoms with van der Waals surface area (Å²) in [5.74, 6) is -1.34. The average Bonchev–Trinajstić information content (AvgIpc) is 2.25. The minimum absolute atomic E-state index is 0.0794. The van der Waals surface area contributed by atoms with Gasteiger partial charge < -0.3 is 10.0 Å². The zero-order chi connectivity index (χ0) is 13.1. The van der Waals surface area contributed by atoms with Crippen molar-refractivity contribution >= 4 is 11.8 Å². The molecule has 17 heavy (non-hydrogen) atoms. The number of aromatic carboxylic acids is 1. The van der Waals surface area contributed by atoms with Crippen LogP contribution in [0.1, 0.15) is 16.8 Å². The second kappa shape index (κ2) is 4.98. The Morgan fingerprint density at radius 2 is 2.18 bits per heavy atom. The van der Waals surface area contributed by atoms with E-state index in [0.717, 1.165) is 4.90 Å². The summed E-state index contributed by atoms with van der Waals surface area (Å²) in [4.78, 5) is 11.9. The molecule has 8 heteroatoms. The summed E-state index contributed by atoms with van der Waals surface area (Å²) < 4.78 is 36.0. The normalized spacial score (nSPS) is 11.3. The molecule has 0 saturated heterocycles. The summed E-state index contributed by atoms with van der Waals surface area (Å²) in [5, 5.41) is 15.8. The fourth-order valence-electron chi connectivity index (χ4n) is 1.17. The van der Waals surface area contributed by atoms with Gasteiger partial charge in [-0.25, -0.2) is 4.79 Å². The molecule has 0 unspecified atom stereocenters. The van der Waals surface area contributed by atoms with E-state index >= 15 is 0 Å². The van der Waals surface area contributed by atoms with Gasteiger partial charge in [-0.15, -0.1) is 5.10 Å². The maximum atomic E-state index is 12.0. The second-order valence-corrected chi connectivity index (χ2v) is 3.36. The van der Waals surface area contributed by atoms with Gasteiger partial charge in [0.25, 0.3) is 0 Å². The number of carbonyl (C=O) groups is 1. The number of hydrogen-bond acceptors (Lipinski definition) is 4. The van der Waals surface area contributed by atoms with Crippen LogP contribution in [-0.2, 0) is 0 Å². The molecule has 0 amide bonds. The summed E-state index contributed by atoms with van der Waals surface area (Å²) in [6.07, 6.45) is -4.16. The molecule has 0 aliphatic carbocycles. The van der Waals surface area contributed by atoms with E-state index in [4.69, 9.17) is 5.11 Å². The highest BCUT2D eigenvalue weighted by molar-refractivity contribution is 5.92. The van der Waals surface area contributed by atoms with Gasteiger partial charge in [0, 0.05) is 13.6 Å². The average molecular weight is 249 g/mol. The van der Waals surface area contributed by atoms with Crippen molar-refractivity contribution in [3.8, 4) is 0 Å². The molecule has 1 N–H and O–H groups in total. The highest BCUT2D eigenvalue weighted by atomic mass is 19.4. The van der Waals surface area contributed by atoms with E-state index in [1.807, 2.05) is 0 Å². The van der Waals surface area contributed by atoms with Crippen molar-refractivity contribution in [2.75, 3.05) is 18.5 Å². The number of nitrogens with zero attached hydrogens (tertiary/aromatic N) is 3. The van der Waals surface area contributed by atoms with Crippen LogP contribution in [0, 0.1) is 0 Å². The Hall–Kier alpha value is -1.86. The van der Waals surface area contributed by atoms with Crippen LogP contribution < -0.4 is 4.90 Å². The van der Waals surface area contributed by atoms with Crippen molar-refractivity contribution in [2.24, 2.45) is 0 Å². The standard InChI is InChI=1S/C9H10F3N3O2/c1-15(5-3-9(10,11)12)7-6(8(16)17)2-4-13-14-7/h2,4H,3,5H2,1H3,(H,16,17). The van der Waals surface area contributed by atoms with Crippen LogP contribution >= 0.6 is 0 Å². The van der Waals surface area contributed by atoms with E-state index < -0.39 is 18.6 Å². The number of aromatic nitrogens is 2. The largest absolute Gasteiger partial charge is 0.478 e. The van der Waals surface area contributed by atoms with Gasteiger partial charge in [-0.2, -0.15) is 18.3 Å². The molecule has 1 aromatic rings. The number of carboxylic acids is 1. The molecule has 0 bridgehead atoms. The van der Waals surface area contributed by atoms with Gasteiger partial charge in [0.15, 0.2) is 5.82 Å². The number of alkyl halides is 3. The molecule has 0 atom stereocenters. The molecule has 0 spiro atoms. The Morgan fingerprint density at radius 1 is 1.53 bits per heavy atom. The van der Waals surface area contributed by atoms with Crippen LogP contribution in [0.2, 0.25) is 0 Å². The van der Waals surface area contributed by atoms with Crippen molar-refractivity contribution in [1.82, 2.24) is 10.2 Å². The fourth-order valence-corrected chi connectivity index (χ4v) is 1.17. The molecule has 0 fully saturated rings. The molecule has 5 nitrogen and oxygen atoms in total. The van der Waals surface area contributed by atoms with Crippen LogP contribution in [0.5, 0.6) is 0 Å². The van der Waals surface area contributed by atoms with Gasteiger partial charge in [-0.05, 0) is 6.07 Å². The topological polar surface area (TPSA) is 66.3 Å². The Kier molecular flexibility index (Phi) is 3.87.